The molecule has 0 bridgehead atoms. The van der Waals surface area contributed by atoms with Crippen LogP contribution < -0.4 is 5.32 Å². The average Bonchev–Trinajstić information content (AvgIpc) is 2.39. The zero-order valence-electron chi connectivity index (χ0n) is 11.0. The van der Waals surface area contributed by atoms with Gasteiger partial charge in [-0.05, 0) is 24.8 Å². The maximum Gasteiger partial charge on any atom is 0.270 e. The number of carbonyl (C=O) groups is 1. The van der Waals surface area contributed by atoms with Crippen LogP contribution in [0.15, 0.2) is 24.3 Å². The van der Waals surface area contributed by atoms with E-state index in [-0.39, 0.29) is 17.6 Å². The molecule has 5 nitrogen and oxygen atoms in total. The Morgan fingerprint density at radius 3 is 2.89 bits per heavy atom. The number of nitro benzene ring substituents is 1. The number of nitrogens with zero attached hydrogens (tertiary/aromatic N) is 1. The maximum atomic E-state index is 12.1. The molecular formula is C14H18N2O3. The molecule has 102 valence electrons. The van der Waals surface area contributed by atoms with E-state index in [0.717, 1.165) is 19.3 Å². The van der Waals surface area contributed by atoms with Crippen LogP contribution in [0.3, 0.4) is 0 Å². The molecule has 1 aromatic rings. The number of hydrogen-bond acceptors (Lipinski definition) is 3. The van der Waals surface area contributed by atoms with Crippen molar-refractivity contribution in [3.8, 4) is 0 Å². The van der Waals surface area contributed by atoms with Crippen molar-refractivity contribution in [2.45, 2.75) is 38.6 Å². The van der Waals surface area contributed by atoms with E-state index in [0.29, 0.717) is 11.5 Å². The van der Waals surface area contributed by atoms with E-state index in [1.165, 1.54) is 24.6 Å². The van der Waals surface area contributed by atoms with E-state index in [4.69, 9.17) is 0 Å². The summed E-state index contributed by atoms with van der Waals surface area (Å²) in [6.45, 7) is 2.19. The number of non-ortho nitro benzene ring substituents is 1. The number of hydrogen-bond donors (Lipinski definition) is 1. The minimum absolute atomic E-state index is 0.0512. The Labute approximate surface area is 112 Å². The highest BCUT2D eigenvalue weighted by Gasteiger charge is 2.21. The summed E-state index contributed by atoms with van der Waals surface area (Å²) < 4.78 is 0. The maximum absolute atomic E-state index is 12.1. The quantitative estimate of drug-likeness (QED) is 0.672. The van der Waals surface area contributed by atoms with E-state index in [1.807, 2.05) is 0 Å². The average molecular weight is 262 g/mol. The van der Waals surface area contributed by atoms with Crippen LogP contribution in [0, 0.1) is 16.0 Å². The van der Waals surface area contributed by atoms with Crippen molar-refractivity contribution in [3.05, 3.63) is 39.9 Å². The lowest BCUT2D eigenvalue weighted by atomic mass is 9.87. The normalized spacial score (nSPS) is 22.8. The van der Waals surface area contributed by atoms with Crippen molar-refractivity contribution in [1.82, 2.24) is 5.32 Å². The number of carbonyl (C=O) groups excluding carboxylic acids is 1. The van der Waals surface area contributed by atoms with Gasteiger partial charge < -0.3 is 5.32 Å². The molecule has 1 N–H and O–H groups in total. The minimum Gasteiger partial charge on any atom is -0.349 e. The zero-order valence-corrected chi connectivity index (χ0v) is 11.0. The fourth-order valence-electron chi connectivity index (χ4n) is 2.59. The monoisotopic (exact) mass is 262 g/mol. The summed E-state index contributed by atoms with van der Waals surface area (Å²) in [7, 11) is 0. The standard InChI is InChI=1S/C14H18N2O3/c1-10-4-2-6-12(8-10)15-14(17)11-5-3-7-13(9-11)16(18)19/h3,5,7,9-10,12H,2,4,6,8H2,1H3,(H,15,17)/t10-,12+/m1/s1. The second-order valence-corrected chi connectivity index (χ2v) is 5.25. The van der Waals surface area contributed by atoms with Crippen molar-refractivity contribution >= 4 is 11.6 Å². The van der Waals surface area contributed by atoms with Gasteiger partial charge in [0.15, 0.2) is 0 Å². The molecule has 1 amide bonds. The Bertz CT molecular complexity index is 487. The van der Waals surface area contributed by atoms with Crippen molar-refractivity contribution in [2.24, 2.45) is 5.92 Å². The molecule has 2 rings (SSSR count). The highest BCUT2D eigenvalue weighted by atomic mass is 16.6. The van der Waals surface area contributed by atoms with E-state index in [2.05, 4.69) is 12.2 Å². The molecule has 1 fully saturated rings. The van der Waals surface area contributed by atoms with Crippen molar-refractivity contribution in [2.75, 3.05) is 0 Å². The molecule has 2 atom stereocenters. The van der Waals surface area contributed by atoms with Gasteiger partial charge in [-0.15, -0.1) is 0 Å². The summed E-state index contributed by atoms with van der Waals surface area (Å²) >= 11 is 0. The smallest absolute Gasteiger partial charge is 0.270 e. The van der Waals surface area contributed by atoms with Crippen LogP contribution >= 0.6 is 0 Å². The van der Waals surface area contributed by atoms with Crippen LogP contribution in [0.4, 0.5) is 5.69 Å². The molecule has 0 unspecified atom stereocenters. The summed E-state index contributed by atoms with van der Waals surface area (Å²) in [5.41, 5.74) is 0.303. The lowest BCUT2D eigenvalue weighted by Crippen LogP contribution is -2.37. The number of nitro groups is 1. The van der Waals surface area contributed by atoms with Crippen LogP contribution in [-0.4, -0.2) is 16.9 Å². The molecule has 1 aromatic carbocycles. The third kappa shape index (κ3) is 3.53. The first-order valence-corrected chi connectivity index (χ1v) is 6.61. The predicted molar refractivity (Wildman–Crippen MR) is 72.0 cm³/mol. The van der Waals surface area contributed by atoms with Crippen LogP contribution in [0.1, 0.15) is 43.0 Å². The topological polar surface area (TPSA) is 72.2 Å². The molecular weight excluding hydrogens is 244 g/mol. The Hall–Kier alpha value is -1.91. The van der Waals surface area contributed by atoms with E-state index in [9.17, 15) is 14.9 Å². The SMILES string of the molecule is C[C@@H]1CCC[C@H](NC(=O)c2cccc([N+](=O)[O-])c2)C1. The fraction of sp³-hybridized carbons (Fsp3) is 0.500. The highest BCUT2D eigenvalue weighted by molar-refractivity contribution is 5.95. The van der Waals surface area contributed by atoms with Gasteiger partial charge in [0, 0.05) is 23.7 Å². The van der Waals surface area contributed by atoms with Gasteiger partial charge in [0.25, 0.3) is 11.6 Å². The molecule has 1 saturated carbocycles. The molecule has 0 aliphatic heterocycles. The molecule has 0 heterocycles. The molecule has 19 heavy (non-hydrogen) atoms. The Morgan fingerprint density at radius 2 is 2.21 bits per heavy atom. The Morgan fingerprint density at radius 1 is 1.42 bits per heavy atom. The lowest BCUT2D eigenvalue weighted by Gasteiger charge is -2.27. The van der Waals surface area contributed by atoms with Gasteiger partial charge >= 0.3 is 0 Å². The Balaban J connectivity index is 2.03. The van der Waals surface area contributed by atoms with E-state index in [1.54, 1.807) is 6.07 Å². The minimum atomic E-state index is -0.487. The first-order valence-electron chi connectivity index (χ1n) is 6.61. The summed E-state index contributed by atoms with van der Waals surface area (Å²) in [4.78, 5) is 22.3. The number of benzene rings is 1. The van der Waals surface area contributed by atoms with Gasteiger partial charge in [0.05, 0.1) is 4.92 Å². The van der Waals surface area contributed by atoms with E-state index >= 15 is 0 Å². The summed E-state index contributed by atoms with van der Waals surface area (Å²) in [6.07, 6.45) is 4.32. The summed E-state index contributed by atoms with van der Waals surface area (Å²) in [6, 6.07) is 6.04. The number of amides is 1. The largest absolute Gasteiger partial charge is 0.349 e. The van der Waals surface area contributed by atoms with Gasteiger partial charge in [-0.1, -0.05) is 25.8 Å². The summed E-state index contributed by atoms with van der Waals surface area (Å²) in [5.74, 6) is 0.409. The molecule has 0 radical (unpaired) electrons. The third-order valence-corrected chi connectivity index (χ3v) is 3.59. The fourth-order valence-corrected chi connectivity index (χ4v) is 2.59. The molecule has 0 saturated heterocycles. The highest BCUT2D eigenvalue weighted by Crippen LogP contribution is 2.24. The first-order chi connectivity index (χ1) is 9.06. The van der Waals surface area contributed by atoms with Crippen LogP contribution in [-0.2, 0) is 0 Å². The van der Waals surface area contributed by atoms with E-state index < -0.39 is 4.92 Å². The van der Waals surface area contributed by atoms with Gasteiger partial charge in [-0.2, -0.15) is 0 Å². The van der Waals surface area contributed by atoms with Crippen LogP contribution in [0.25, 0.3) is 0 Å². The number of rotatable bonds is 3. The number of nitrogens with one attached hydrogen (secondary N) is 1. The molecule has 5 heteroatoms. The van der Waals surface area contributed by atoms with Gasteiger partial charge in [0.2, 0.25) is 0 Å². The molecule has 1 aliphatic carbocycles. The van der Waals surface area contributed by atoms with Crippen LogP contribution in [0.2, 0.25) is 0 Å². The predicted octanol–water partition coefficient (Wildman–Crippen LogP) is 2.90. The van der Waals surface area contributed by atoms with Gasteiger partial charge in [-0.3, -0.25) is 14.9 Å². The molecule has 1 aliphatic rings. The van der Waals surface area contributed by atoms with Crippen molar-refractivity contribution in [1.29, 1.82) is 0 Å². The lowest BCUT2D eigenvalue weighted by molar-refractivity contribution is -0.384. The van der Waals surface area contributed by atoms with Crippen molar-refractivity contribution in [3.63, 3.8) is 0 Å². The zero-order chi connectivity index (χ0) is 13.8. The Kier molecular flexibility index (Phi) is 4.14. The summed E-state index contributed by atoms with van der Waals surface area (Å²) in [5, 5.41) is 13.7. The second kappa shape index (κ2) is 5.82. The van der Waals surface area contributed by atoms with Gasteiger partial charge in [-0.25, -0.2) is 0 Å². The van der Waals surface area contributed by atoms with Crippen LogP contribution in [0.5, 0.6) is 0 Å². The third-order valence-electron chi connectivity index (χ3n) is 3.59. The molecule has 0 aromatic heterocycles. The van der Waals surface area contributed by atoms with Gasteiger partial charge in [0.1, 0.15) is 0 Å². The molecule has 0 spiro atoms. The van der Waals surface area contributed by atoms with Crippen molar-refractivity contribution < 1.29 is 9.72 Å². The second-order valence-electron chi connectivity index (χ2n) is 5.25. The first kappa shape index (κ1) is 13.5.